The molecule has 0 unspecified atom stereocenters. The topological polar surface area (TPSA) is 58.6 Å². The Labute approximate surface area is 198 Å². The number of fused-ring (bicyclic) bond motifs is 2. The van der Waals surface area contributed by atoms with Gasteiger partial charge in [-0.1, -0.05) is 53.7 Å². The fourth-order valence-corrected chi connectivity index (χ4v) is 5.38. The molecule has 168 valence electrons. The zero-order valence-electron chi connectivity index (χ0n) is 18.5. The van der Waals surface area contributed by atoms with Gasteiger partial charge in [-0.15, -0.1) is 0 Å². The van der Waals surface area contributed by atoms with Crippen LogP contribution in [0.25, 0.3) is 0 Å². The van der Waals surface area contributed by atoms with Crippen LogP contribution in [0.4, 0.5) is 5.69 Å². The lowest BCUT2D eigenvalue weighted by Gasteiger charge is -2.24. The van der Waals surface area contributed by atoms with Gasteiger partial charge in [0.15, 0.2) is 0 Å². The van der Waals surface area contributed by atoms with E-state index in [0.29, 0.717) is 24.2 Å². The fourth-order valence-electron chi connectivity index (χ4n) is 4.33. The molecule has 0 saturated carbocycles. The van der Waals surface area contributed by atoms with Crippen molar-refractivity contribution >= 4 is 29.3 Å². The SMILES string of the molecule is Cc1cccc(CN2C(=O)c3ccccc3Sc3ccc(C(=O)NC[C@H]4CCCO4)cc32)c1. The van der Waals surface area contributed by atoms with Gasteiger partial charge < -0.3 is 15.0 Å². The molecule has 2 amide bonds. The second kappa shape index (κ2) is 9.41. The highest BCUT2D eigenvalue weighted by molar-refractivity contribution is 7.99. The molecule has 5 nitrogen and oxygen atoms in total. The number of carbonyl (C=O) groups is 2. The molecule has 3 aromatic rings. The normalized spacial score (nSPS) is 17.3. The summed E-state index contributed by atoms with van der Waals surface area (Å²) in [4.78, 5) is 30.2. The fraction of sp³-hybridized carbons (Fsp3) is 0.259. The van der Waals surface area contributed by atoms with E-state index >= 15 is 0 Å². The van der Waals surface area contributed by atoms with Gasteiger partial charge in [0, 0.05) is 28.5 Å². The Morgan fingerprint density at radius 2 is 1.97 bits per heavy atom. The van der Waals surface area contributed by atoms with Crippen LogP contribution in [0.2, 0.25) is 0 Å². The number of carbonyl (C=O) groups excluding carboxylic acids is 2. The summed E-state index contributed by atoms with van der Waals surface area (Å²) in [5, 5.41) is 2.99. The molecule has 1 N–H and O–H groups in total. The average molecular weight is 459 g/mol. The average Bonchev–Trinajstić information content (AvgIpc) is 3.31. The summed E-state index contributed by atoms with van der Waals surface area (Å²) in [6.45, 7) is 3.74. The van der Waals surface area contributed by atoms with Crippen LogP contribution >= 0.6 is 11.8 Å². The highest BCUT2D eigenvalue weighted by Crippen LogP contribution is 2.42. The summed E-state index contributed by atoms with van der Waals surface area (Å²) in [7, 11) is 0. The van der Waals surface area contributed by atoms with Crippen LogP contribution in [0.5, 0.6) is 0 Å². The lowest BCUT2D eigenvalue weighted by Crippen LogP contribution is -2.33. The molecule has 0 bridgehead atoms. The molecule has 2 heterocycles. The highest BCUT2D eigenvalue weighted by Gasteiger charge is 2.28. The molecule has 0 radical (unpaired) electrons. The number of hydrogen-bond acceptors (Lipinski definition) is 4. The number of benzene rings is 3. The van der Waals surface area contributed by atoms with Crippen LogP contribution in [0, 0.1) is 6.92 Å². The van der Waals surface area contributed by atoms with Crippen LogP contribution in [0.3, 0.4) is 0 Å². The first-order valence-electron chi connectivity index (χ1n) is 11.3. The minimum Gasteiger partial charge on any atom is -0.376 e. The Morgan fingerprint density at radius 1 is 1.09 bits per heavy atom. The zero-order valence-corrected chi connectivity index (χ0v) is 19.4. The van der Waals surface area contributed by atoms with Crippen LogP contribution in [0.1, 0.15) is 44.7 Å². The quantitative estimate of drug-likeness (QED) is 0.570. The van der Waals surface area contributed by atoms with Crippen molar-refractivity contribution in [3.63, 3.8) is 0 Å². The van der Waals surface area contributed by atoms with Crippen molar-refractivity contribution in [2.24, 2.45) is 0 Å². The number of nitrogens with zero attached hydrogens (tertiary/aromatic N) is 1. The smallest absolute Gasteiger partial charge is 0.259 e. The number of aryl methyl sites for hydroxylation is 1. The predicted octanol–water partition coefficient (Wildman–Crippen LogP) is 5.22. The first kappa shape index (κ1) is 21.7. The molecule has 2 aliphatic heterocycles. The Hall–Kier alpha value is -3.09. The molecule has 6 heteroatoms. The Morgan fingerprint density at radius 3 is 2.79 bits per heavy atom. The highest BCUT2D eigenvalue weighted by atomic mass is 32.2. The van der Waals surface area contributed by atoms with Gasteiger partial charge in [0.1, 0.15) is 0 Å². The number of amides is 2. The standard InChI is InChI=1S/C27H26N2O3S/c1-18-6-4-7-19(14-18)17-29-23-15-20(26(30)28-16-21-8-5-13-32-21)11-12-25(23)33-24-10-3-2-9-22(24)27(29)31/h2-4,6-7,9-12,14-15,21H,5,8,13,16-17H2,1H3,(H,28,30)/t21-/m1/s1. The largest absolute Gasteiger partial charge is 0.376 e. The summed E-state index contributed by atoms with van der Waals surface area (Å²) in [6.07, 6.45) is 2.09. The van der Waals surface area contributed by atoms with Gasteiger partial charge in [0.2, 0.25) is 0 Å². The van der Waals surface area contributed by atoms with Gasteiger partial charge >= 0.3 is 0 Å². The molecule has 1 atom stereocenters. The summed E-state index contributed by atoms with van der Waals surface area (Å²) in [6, 6.07) is 21.5. The number of hydrogen-bond donors (Lipinski definition) is 1. The van der Waals surface area contributed by atoms with Crippen LogP contribution in [-0.4, -0.2) is 31.1 Å². The third-order valence-corrected chi connectivity index (χ3v) is 7.17. The molecule has 0 aliphatic carbocycles. The van der Waals surface area contributed by atoms with E-state index in [0.717, 1.165) is 46.1 Å². The van der Waals surface area contributed by atoms with Crippen molar-refractivity contribution in [3.8, 4) is 0 Å². The summed E-state index contributed by atoms with van der Waals surface area (Å²) >= 11 is 1.56. The van der Waals surface area contributed by atoms with E-state index in [9.17, 15) is 9.59 Å². The summed E-state index contributed by atoms with van der Waals surface area (Å²) in [5.74, 6) is -0.210. The van der Waals surface area contributed by atoms with Gasteiger partial charge in [-0.3, -0.25) is 9.59 Å². The summed E-state index contributed by atoms with van der Waals surface area (Å²) in [5.41, 5.74) is 4.17. The van der Waals surface area contributed by atoms with Crippen molar-refractivity contribution in [2.75, 3.05) is 18.1 Å². The Kier molecular flexibility index (Phi) is 6.20. The number of rotatable bonds is 5. The molecule has 2 aliphatic rings. The van der Waals surface area contributed by atoms with Crippen LogP contribution < -0.4 is 10.2 Å². The van der Waals surface area contributed by atoms with Crippen molar-refractivity contribution in [1.82, 2.24) is 5.32 Å². The van der Waals surface area contributed by atoms with E-state index in [1.165, 1.54) is 0 Å². The first-order chi connectivity index (χ1) is 16.1. The molecule has 1 fully saturated rings. The van der Waals surface area contributed by atoms with Crippen molar-refractivity contribution in [1.29, 1.82) is 0 Å². The Bertz CT molecular complexity index is 1200. The molecular formula is C27H26N2O3S. The molecule has 33 heavy (non-hydrogen) atoms. The second-order valence-electron chi connectivity index (χ2n) is 8.51. The maximum absolute atomic E-state index is 13.7. The Balaban J connectivity index is 1.49. The van der Waals surface area contributed by atoms with E-state index in [1.54, 1.807) is 16.7 Å². The predicted molar refractivity (Wildman–Crippen MR) is 130 cm³/mol. The van der Waals surface area contributed by atoms with Crippen molar-refractivity contribution in [2.45, 2.75) is 42.2 Å². The number of nitrogens with one attached hydrogen (secondary N) is 1. The maximum atomic E-state index is 13.7. The van der Waals surface area contributed by atoms with Gasteiger partial charge in [0.05, 0.1) is 23.9 Å². The lowest BCUT2D eigenvalue weighted by molar-refractivity contribution is 0.0857. The van der Waals surface area contributed by atoms with Crippen molar-refractivity contribution in [3.05, 3.63) is 89.0 Å². The van der Waals surface area contributed by atoms with Crippen LogP contribution in [-0.2, 0) is 11.3 Å². The van der Waals surface area contributed by atoms with E-state index < -0.39 is 0 Å². The van der Waals surface area contributed by atoms with Crippen molar-refractivity contribution < 1.29 is 14.3 Å². The number of anilines is 1. The van der Waals surface area contributed by atoms with E-state index in [2.05, 4.69) is 11.4 Å². The number of ether oxygens (including phenoxy) is 1. The van der Waals surface area contributed by atoms with E-state index in [-0.39, 0.29) is 17.9 Å². The van der Waals surface area contributed by atoms with Gasteiger partial charge in [-0.2, -0.15) is 0 Å². The molecule has 1 saturated heterocycles. The molecule has 0 aromatic heterocycles. The van der Waals surface area contributed by atoms with Gasteiger partial charge in [-0.25, -0.2) is 0 Å². The summed E-state index contributed by atoms with van der Waals surface area (Å²) < 4.78 is 5.62. The third-order valence-electron chi connectivity index (χ3n) is 6.03. The maximum Gasteiger partial charge on any atom is 0.259 e. The molecule has 5 rings (SSSR count). The third kappa shape index (κ3) is 4.68. The van der Waals surface area contributed by atoms with E-state index in [1.807, 2.05) is 67.6 Å². The zero-order chi connectivity index (χ0) is 22.8. The monoisotopic (exact) mass is 458 g/mol. The molecule has 3 aromatic carbocycles. The second-order valence-corrected chi connectivity index (χ2v) is 9.59. The molecule has 0 spiro atoms. The minimum atomic E-state index is -0.150. The van der Waals surface area contributed by atoms with Gasteiger partial charge in [-0.05, 0) is 55.7 Å². The molecular weight excluding hydrogens is 432 g/mol. The first-order valence-corrected chi connectivity index (χ1v) is 12.1. The van der Waals surface area contributed by atoms with E-state index in [4.69, 9.17) is 4.74 Å². The van der Waals surface area contributed by atoms with Gasteiger partial charge in [0.25, 0.3) is 11.8 Å². The van der Waals surface area contributed by atoms with Crippen LogP contribution in [0.15, 0.2) is 76.5 Å². The minimum absolute atomic E-state index is 0.0599. The lowest BCUT2D eigenvalue weighted by atomic mass is 10.1.